The van der Waals surface area contributed by atoms with E-state index in [0.29, 0.717) is 12.4 Å². The Morgan fingerprint density at radius 2 is 2.16 bits per heavy atom. The Kier molecular flexibility index (Phi) is 6.29. The molecule has 0 radical (unpaired) electrons. The first-order valence-corrected chi connectivity index (χ1v) is 6.75. The number of nitrogens with zero attached hydrogens (tertiary/aromatic N) is 2. The third kappa shape index (κ3) is 4.52. The number of rotatable bonds is 8. The van der Waals surface area contributed by atoms with Gasteiger partial charge in [-0.3, -0.25) is 0 Å². The van der Waals surface area contributed by atoms with Gasteiger partial charge in [0.25, 0.3) is 0 Å². The van der Waals surface area contributed by atoms with Crippen molar-refractivity contribution in [2.75, 3.05) is 31.5 Å². The fraction of sp³-hybridized carbons (Fsp3) is 0.571. The normalized spacial score (nSPS) is 10.7. The molecule has 1 heterocycles. The zero-order valence-electron chi connectivity index (χ0n) is 11.9. The quantitative estimate of drug-likeness (QED) is 0.754. The number of hydrogen-bond acceptors (Lipinski definition) is 4. The van der Waals surface area contributed by atoms with Gasteiger partial charge < -0.3 is 15.3 Å². The largest absolute Gasteiger partial charge is 0.478 e. The van der Waals surface area contributed by atoms with Crippen LogP contribution in [-0.2, 0) is 0 Å². The summed E-state index contributed by atoms with van der Waals surface area (Å²) in [6, 6.07) is 1.71. The molecule has 0 saturated carbocycles. The molecule has 0 aliphatic heterocycles. The summed E-state index contributed by atoms with van der Waals surface area (Å²) in [6.07, 6.45) is 2.75. The van der Waals surface area contributed by atoms with Crippen molar-refractivity contribution in [1.29, 1.82) is 0 Å². The molecule has 0 unspecified atom stereocenters. The number of hydrogen-bond donors (Lipinski definition) is 2. The lowest BCUT2D eigenvalue weighted by Crippen LogP contribution is -2.30. The molecule has 1 rings (SSSR count). The summed E-state index contributed by atoms with van der Waals surface area (Å²) in [7, 11) is 0. The zero-order valence-corrected chi connectivity index (χ0v) is 11.9. The molecule has 0 saturated heterocycles. The lowest BCUT2D eigenvalue weighted by Gasteiger charge is -2.20. The summed E-state index contributed by atoms with van der Waals surface area (Å²) >= 11 is 0. The minimum Gasteiger partial charge on any atom is -0.478 e. The third-order valence-electron chi connectivity index (χ3n) is 3.08. The number of nitrogens with one attached hydrogen (secondary N) is 1. The van der Waals surface area contributed by atoms with E-state index >= 15 is 0 Å². The molecule has 0 spiro atoms. The topological polar surface area (TPSA) is 65.5 Å². The lowest BCUT2D eigenvalue weighted by molar-refractivity contribution is 0.0697. The van der Waals surface area contributed by atoms with Crippen molar-refractivity contribution in [3.05, 3.63) is 23.4 Å². The Morgan fingerprint density at radius 3 is 2.74 bits per heavy atom. The Hall–Kier alpha value is -1.62. The van der Waals surface area contributed by atoms with Crippen LogP contribution in [0.15, 0.2) is 12.3 Å². The average Bonchev–Trinajstić information content (AvgIpc) is 2.37. The molecular formula is C14H23N3O2. The average molecular weight is 265 g/mol. The molecule has 1 aromatic rings. The van der Waals surface area contributed by atoms with Gasteiger partial charge in [-0.1, -0.05) is 13.8 Å². The van der Waals surface area contributed by atoms with Crippen molar-refractivity contribution in [2.24, 2.45) is 0 Å². The third-order valence-corrected chi connectivity index (χ3v) is 3.08. The van der Waals surface area contributed by atoms with Crippen molar-refractivity contribution in [1.82, 2.24) is 9.88 Å². The molecule has 0 bridgehead atoms. The molecule has 0 aliphatic rings. The van der Waals surface area contributed by atoms with Gasteiger partial charge in [0.2, 0.25) is 0 Å². The molecule has 1 aromatic heterocycles. The molecule has 0 aromatic carbocycles. The smallest absolute Gasteiger partial charge is 0.339 e. The van der Waals surface area contributed by atoms with Gasteiger partial charge in [-0.05, 0) is 38.1 Å². The van der Waals surface area contributed by atoms with Crippen LogP contribution in [0.4, 0.5) is 5.82 Å². The monoisotopic (exact) mass is 265 g/mol. The van der Waals surface area contributed by atoms with E-state index in [1.807, 2.05) is 0 Å². The number of aromatic carboxylic acids is 1. The van der Waals surface area contributed by atoms with Crippen LogP contribution in [0.25, 0.3) is 0 Å². The standard InChI is InChI=1S/C14H23N3O2/c1-4-9-17(5-2)10-8-16-13-12(14(18)19)11(3)6-7-15-13/h6-7H,4-5,8-10H2,1-3H3,(H,15,16)(H,18,19). The maximum absolute atomic E-state index is 11.2. The van der Waals surface area contributed by atoms with Gasteiger partial charge in [-0.25, -0.2) is 9.78 Å². The van der Waals surface area contributed by atoms with Crippen LogP contribution in [0.5, 0.6) is 0 Å². The van der Waals surface area contributed by atoms with Crippen LogP contribution in [0.1, 0.15) is 36.2 Å². The molecule has 106 valence electrons. The Morgan fingerprint density at radius 1 is 1.42 bits per heavy atom. The predicted molar refractivity (Wildman–Crippen MR) is 76.8 cm³/mol. The number of likely N-dealkylation sites (N-methyl/N-ethyl adjacent to an activating group) is 1. The first-order valence-electron chi connectivity index (χ1n) is 6.75. The first kappa shape index (κ1) is 15.4. The molecule has 0 aliphatic carbocycles. The van der Waals surface area contributed by atoms with Gasteiger partial charge in [0.1, 0.15) is 11.4 Å². The van der Waals surface area contributed by atoms with E-state index in [1.54, 1.807) is 19.2 Å². The number of carboxylic acid groups (broad SMARTS) is 1. The summed E-state index contributed by atoms with van der Waals surface area (Å²) in [4.78, 5) is 17.6. The second-order valence-corrected chi connectivity index (χ2v) is 4.52. The molecule has 0 fully saturated rings. The highest BCUT2D eigenvalue weighted by molar-refractivity contribution is 5.94. The van der Waals surface area contributed by atoms with Crippen LogP contribution in [0, 0.1) is 6.92 Å². The molecule has 0 atom stereocenters. The van der Waals surface area contributed by atoms with Gasteiger partial charge in [-0.2, -0.15) is 0 Å². The lowest BCUT2D eigenvalue weighted by atomic mass is 10.1. The van der Waals surface area contributed by atoms with Gasteiger partial charge in [0.15, 0.2) is 0 Å². The zero-order chi connectivity index (χ0) is 14.3. The van der Waals surface area contributed by atoms with Crippen molar-refractivity contribution >= 4 is 11.8 Å². The van der Waals surface area contributed by atoms with E-state index in [4.69, 9.17) is 0 Å². The summed E-state index contributed by atoms with van der Waals surface area (Å²) in [6.45, 7) is 9.72. The molecule has 5 nitrogen and oxygen atoms in total. The van der Waals surface area contributed by atoms with E-state index in [-0.39, 0.29) is 5.56 Å². The Balaban J connectivity index is 2.63. The minimum absolute atomic E-state index is 0.265. The number of carbonyl (C=O) groups is 1. The minimum atomic E-state index is -0.936. The van der Waals surface area contributed by atoms with Gasteiger partial charge in [0, 0.05) is 19.3 Å². The second kappa shape index (κ2) is 7.74. The van der Waals surface area contributed by atoms with Crippen LogP contribution in [0.2, 0.25) is 0 Å². The maximum Gasteiger partial charge on any atom is 0.339 e. The van der Waals surface area contributed by atoms with Crippen LogP contribution in [-0.4, -0.2) is 47.1 Å². The number of anilines is 1. The highest BCUT2D eigenvalue weighted by Gasteiger charge is 2.14. The number of aryl methyl sites for hydroxylation is 1. The molecule has 5 heteroatoms. The van der Waals surface area contributed by atoms with E-state index in [1.165, 1.54) is 0 Å². The van der Waals surface area contributed by atoms with Gasteiger partial charge in [0.05, 0.1) is 0 Å². The van der Waals surface area contributed by atoms with Crippen molar-refractivity contribution in [2.45, 2.75) is 27.2 Å². The van der Waals surface area contributed by atoms with Crippen molar-refractivity contribution < 1.29 is 9.90 Å². The number of pyridine rings is 1. The summed E-state index contributed by atoms with van der Waals surface area (Å²) < 4.78 is 0. The molecule has 19 heavy (non-hydrogen) atoms. The van der Waals surface area contributed by atoms with E-state index in [9.17, 15) is 9.90 Å². The first-order chi connectivity index (χ1) is 9.10. The van der Waals surface area contributed by atoms with Crippen LogP contribution < -0.4 is 5.32 Å². The van der Waals surface area contributed by atoms with Crippen molar-refractivity contribution in [3.63, 3.8) is 0 Å². The Labute approximate surface area is 114 Å². The SMILES string of the molecule is CCCN(CC)CCNc1nccc(C)c1C(=O)O. The predicted octanol–water partition coefficient (Wildman–Crippen LogP) is 2.23. The van der Waals surface area contributed by atoms with E-state index in [2.05, 4.69) is 29.0 Å². The number of carboxylic acids is 1. The summed E-state index contributed by atoms with van der Waals surface area (Å²) in [5, 5.41) is 12.3. The molecule has 0 amide bonds. The highest BCUT2D eigenvalue weighted by Crippen LogP contribution is 2.16. The molecular weight excluding hydrogens is 242 g/mol. The van der Waals surface area contributed by atoms with E-state index in [0.717, 1.165) is 31.6 Å². The second-order valence-electron chi connectivity index (χ2n) is 4.52. The fourth-order valence-corrected chi connectivity index (χ4v) is 2.04. The van der Waals surface area contributed by atoms with Crippen LogP contribution in [0.3, 0.4) is 0 Å². The van der Waals surface area contributed by atoms with Gasteiger partial charge >= 0.3 is 5.97 Å². The Bertz CT molecular complexity index is 421. The maximum atomic E-state index is 11.2. The number of aromatic nitrogens is 1. The van der Waals surface area contributed by atoms with Crippen LogP contribution >= 0.6 is 0 Å². The van der Waals surface area contributed by atoms with Crippen molar-refractivity contribution in [3.8, 4) is 0 Å². The molecule has 2 N–H and O–H groups in total. The van der Waals surface area contributed by atoms with E-state index < -0.39 is 5.97 Å². The van der Waals surface area contributed by atoms with Gasteiger partial charge in [-0.15, -0.1) is 0 Å². The fourth-order valence-electron chi connectivity index (χ4n) is 2.04. The highest BCUT2D eigenvalue weighted by atomic mass is 16.4. The summed E-state index contributed by atoms with van der Waals surface area (Å²) in [5.41, 5.74) is 0.993. The summed E-state index contributed by atoms with van der Waals surface area (Å²) in [5.74, 6) is -0.478.